The first-order valence-corrected chi connectivity index (χ1v) is 6.55. The van der Waals surface area contributed by atoms with Crippen LogP contribution in [0.2, 0.25) is 0 Å². The van der Waals surface area contributed by atoms with Gasteiger partial charge in [-0.05, 0) is 28.4 Å². The van der Waals surface area contributed by atoms with E-state index >= 15 is 0 Å². The molecule has 0 radical (unpaired) electrons. The summed E-state index contributed by atoms with van der Waals surface area (Å²) in [5.41, 5.74) is 0.155. The van der Waals surface area contributed by atoms with Crippen molar-refractivity contribution in [2.24, 2.45) is 0 Å². The number of ether oxygens (including phenoxy) is 1. The van der Waals surface area contributed by atoms with Crippen molar-refractivity contribution in [3.63, 3.8) is 0 Å². The Morgan fingerprint density at radius 3 is 2.89 bits per heavy atom. The van der Waals surface area contributed by atoms with Crippen LogP contribution in [0.3, 0.4) is 0 Å². The molecule has 19 heavy (non-hydrogen) atoms. The quantitative estimate of drug-likeness (QED) is 0.617. The number of rotatable bonds is 7. The zero-order valence-corrected chi connectivity index (χ0v) is 11.8. The molecule has 0 aromatic heterocycles. The third-order valence-electron chi connectivity index (χ3n) is 2.60. The molecule has 1 unspecified atom stereocenters. The fraction of sp³-hybridized carbons (Fsp3) is 0.357. The Balaban J connectivity index is 2.70. The van der Waals surface area contributed by atoms with Gasteiger partial charge in [0.05, 0.1) is 17.0 Å². The van der Waals surface area contributed by atoms with Crippen LogP contribution in [0.25, 0.3) is 0 Å². The third-order valence-corrected chi connectivity index (χ3v) is 3.21. The maximum atomic E-state index is 13.9. The van der Waals surface area contributed by atoms with Crippen LogP contribution in [0.15, 0.2) is 22.7 Å². The third kappa shape index (κ3) is 4.66. The Hall–Kier alpha value is -1.38. The van der Waals surface area contributed by atoms with Gasteiger partial charge in [-0.25, -0.2) is 4.39 Å². The van der Waals surface area contributed by atoms with E-state index in [-0.39, 0.29) is 23.1 Å². The van der Waals surface area contributed by atoms with Crippen molar-refractivity contribution >= 4 is 21.9 Å². The van der Waals surface area contributed by atoms with Gasteiger partial charge in [-0.1, -0.05) is 12.1 Å². The number of terminal acetylenes is 1. The lowest BCUT2D eigenvalue weighted by Gasteiger charge is -2.14. The molecule has 0 saturated carbocycles. The molecule has 0 fully saturated rings. The van der Waals surface area contributed by atoms with Crippen molar-refractivity contribution in [2.75, 3.05) is 13.2 Å². The molecule has 102 valence electrons. The summed E-state index contributed by atoms with van der Waals surface area (Å²) in [7, 11) is 0. The Bertz CT molecular complexity index is 482. The topological polar surface area (TPSA) is 46.5 Å². The van der Waals surface area contributed by atoms with Gasteiger partial charge in [0.2, 0.25) is 0 Å². The largest absolute Gasteiger partial charge is 0.481 e. The molecule has 0 aliphatic rings. The lowest BCUT2D eigenvalue weighted by Crippen LogP contribution is -2.16. The fourth-order valence-electron chi connectivity index (χ4n) is 1.64. The van der Waals surface area contributed by atoms with Gasteiger partial charge in [0.15, 0.2) is 0 Å². The smallest absolute Gasteiger partial charge is 0.311 e. The van der Waals surface area contributed by atoms with Crippen molar-refractivity contribution in [3.05, 3.63) is 34.1 Å². The summed E-state index contributed by atoms with van der Waals surface area (Å²) in [5.74, 6) is -0.123. The molecule has 0 aliphatic heterocycles. The maximum absolute atomic E-state index is 13.9. The number of benzene rings is 1. The summed E-state index contributed by atoms with van der Waals surface area (Å²) in [5, 5.41) is 9.17. The van der Waals surface area contributed by atoms with Crippen LogP contribution < -0.4 is 0 Å². The Kier molecular flexibility index (Phi) is 6.54. The highest BCUT2D eigenvalue weighted by atomic mass is 79.9. The van der Waals surface area contributed by atoms with Gasteiger partial charge in [0, 0.05) is 18.6 Å². The van der Waals surface area contributed by atoms with Crippen molar-refractivity contribution in [1.82, 2.24) is 0 Å². The van der Waals surface area contributed by atoms with Crippen LogP contribution in [0.4, 0.5) is 4.39 Å². The Morgan fingerprint density at radius 2 is 2.26 bits per heavy atom. The van der Waals surface area contributed by atoms with Crippen LogP contribution in [0.1, 0.15) is 24.3 Å². The van der Waals surface area contributed by atoms with Gasteiger partial charge < -0.3 is 9.84 Å². The maximum Gasteiger partial charge on any atom is 0.311 e. The van der Waals surface area contributed by atoms with Gasteiger partial charge in [0.1, 0.15) is 5.82 Å². The average molecular weight is 329 g/mol. The van der Waals surface area contributed by atoms with Crippen molar-refractivity contribution in [3.8, 4) is 12.3 Å². The highest BCUT2D eigenvalue weighted by molar-refractivity contribution is 9.10. The molecule has 0 bridgehead atoms. The number of carboxylic acid groups (broad SMARTS) is 1. The standard InChI is InChI=1S/C14H14BrFO3/c1-2-3-8-19-9-7-11(14(17)18)10-5-4-6-12(15)13(10)16/h1,4-6,11H,3,7-9H2,(H,17,18). The monoisotopic (exact) mass is 328 g/mol. The molecule has 3 nitrogen and oxygen atoms in total. The highest BCUT2D eigenvalue weighted by Gasteiger charge is 2.23. The SMILES string of the molecule is C#CCCOCCC(C(=O)O)c1cccc(Br)c1F. The normalized spacial score (nSPS) is 11.8. The van der Waals surface area contributed by atoms with Crippen molar-refractivity contribution in [2.45, 2.75) is 18.8 Å². The highest BCUT2D eigenvalue weighted by Crippen LogP contribution is 2.27. The molecule has 1 aromatic rings. The number of aliphatic carboxylic acids is 1. The second kappa shape index (κ2) is 7.93. The molecule has 0 heterocycles. The first-order chi connectivity index (χ1) is 9.07. The van der Waals surface area contributed by atoms with Crippen molar-refractivity contribution < 1.29 is 19.0 Å². The Labute approximate surface area is 119 Å². The summed E-state index contributed by atoms with van der Waals surface area (Å²) in [6, 6.07) is 4.61. The molecule has 1 rings (SSSR count). The molecule has 5 heteroatoms. The molecule has 0 spiro atoms. The molecule has 0 saturated heterocycles. The second-order valence-corrected chi connectivity index (χ2v) is 4.74. The number of halogens is 2. The first kappa shape index (κ1) is 15.7. The molecule has 1 aromatic carbocycles. The van der Waals surface area contributed by atoms with Gasteiger partial charge in [-0.15, -0.1) is 12.3 Å². The lowest BCUT2D eigenvalue weighted by atomic mass is 9.96. The minimum atomic E-state index is -1.07. The van der Waals surface area contributed by atoms with Crippen LogP contribution >= 0.6 is 15.9 Å². The number of hydrogen-bond acceptors (Lipinski definition) is 2. The van der Waals surface area contributed by atoms with E-state index in [1.54, 1.807) is 6.07 Å². The molecule has 1 N–H and O–H groups in total. The molecular formula is C14H14BrFO3. The summed E-state index contributed by atoms with van der Waals surface area (Å²) in [6.45, 7) is 0.606. The van der Waals surface area contributed by atoms with E-state index in [1.165, 1.54) is 12.1 Å². The van der Waals surface area contributed by atoms with E-state index in [9.17, 15) is 14.3 Å². The fourth-order valence-corrected chi connectivity index (χ4v) is 2.02. The predicted octanol–water partition coefficient (Wildman–Crippen LogP) is 3.19. The van der Waals surface area contributed by atoms with Crippen LogP contribution in [0.5, 0.6) is 0 Å². The number of carboxylic acids is 1. The molecule has 1 atom stereocenters. The lowest BCUT2D eigenvalue weighted by molar-refractivity contribution is -0.139. The Morgan fingerprint density at radius 1 is 1.53 bits per heavy atom. The molecule has 0 amide bonds. The van der Waals surface area contributed by atoms with Gasteiger partial charge >= 0.3 is 5.97 Å². The van der Waals surface area contributed by atoms with E-state index in [1.807, 2.05) is 0 Å². The van der Waals surface area contributed by atoms with Crippen LogP contribution in [0, 0.1) is 18.2 Å². The van der Waals surface area contributed by atoms with E-state index in [0.29, 0.717) is 13.0 Å². The summed E-state index contributed by atoms with van der Waals surface area (Å²) in [4.78, 5) is 11.2. The minimum absolute atomic E-state index is 0.155. The summed E-state index contributed by atoms with van der Waals surface area (Å²) in [6.07, 6.45) is 5.74. The van der Waals surface area contributed by atoms with Gasteiger partial charge in [-0.3, -0.25) is 4.79 Å². The minimum Gasteiger partial charge on any atom is -0.481 e. The van der Waals surface area contributed by atoms with Crippen LogP contribution in [-0.4, -0.2) is 24.3 Å². The zero-order valence-electron chi connectivity index (χ0n) is 10.2. The van der Waals surface area contributed by atoms with Gasteiger partial charge in [-0.2, -0.15) is 0 Å². The summed E-state index contributed by atoms with van der Waals surface area (Å²) >= 11 is 3.04. The van der Waals surface area contributed by atoms with Crippen LogP contribution in [-0.2, 0) is 9.53 Å². The van der Waals surface area contributed by atoms with Crippen molar-refractivity contribution in [1.29, 1.82) is 0 Å². The predicted molar refractivity (Wildman–Crippen MR) is 73.4 cm³/mol. The molecular weight excluding hydrogens is 315 g/mol. The van der Waals surface area contributed by atoms with Gasteiger partial charge in [0.25, 0.3) is 0 Å². The van der Waals surface area contributed by atoms with E-state index < -0.39 is 17.7 Å². The average Bonchev–Trinajstić information content (AvgIpc) is 2.37. The number of hydrogen-bond donors (Lipinski definition) is 1. The molecule has 0 aliphatic carbocycles. The zero-order chi connectivity index (χ0) is 14.3. The number of carbonyl (C=O) groups is 1. The second-order valence-electron chi connectivity index (χ2n) is 3.89. The van der Waals surface area contributed by atoms with E-state index in [4.69, 9.17) is 11.2 Å². The van der Waals surface area contributed by atoms with E-state index in [0.717, 1.165) is 0 Å². The first-order valence-electron chi connectivity index (χ1n) is 5.75. The van der Waals surface area contributed by atoms with E-state index in [2.05, 4.69) is 21.9 Å². The summed E-state index contributed by atoms with van der Waals surface area (Å²) < 4.78 is 19.3.